The third kappa shape index (κ3) is 3.31. The number of aromatic nitrogens is 2. The molecule has 1 N–H and O–H groups in total. The molecule has 3 heteroatoms. The van der Waals surface area contributed by atoms with Crippen molar-refractivity contribution < 1.29 is 0 Å². The quantitative estimate of drug-likeness (QED) is 0.699. The molecule has 108 valence electrons. The number of hydrogen-bond donors (Lipinski definition) is 1. The molecule has 1 aromatic heterocycles. The number of nitrogens with zero attached hydrogens (tertiary/aromatic N) is 2. The zero-order valence-corrected chi connectivity index (χ0v) is 12.4. The van der Waals surface area contributed by atoms with Crippen LogP contribution in [-0.2, 0) is 13.1 Å². The van der Waals surface area contributed by atoms with Crippen molar-refractivity contribution >= 4 is 10.8 Å². The van der Waals surface area contributed by atoms with Gasteiger partial charge in [-0.1, -0.05) is 49.4 Å². The van der Waals surface area contributed by atoms with Gasteiger partial charge >= 0.3 is 0 Å². The monoisotopic (exact) mass is 279 g/mol. The Morgan fingerprint density at radius 2 is 1.95 bits per heavy atom. The topological polar surface area (TPSA) is 29.9 Å². The normalized spacial score (nSPS) is 11.1. The molecule has 0 aliphatic rings. The predicted octanol–water partition coefficient (Wildman–Crippen LogP) is 3.58. The Labute approximate surface area is 125 Å². The highest BCUT2D eigenvalue weighted by Gasteiger charge is 2.03. The minimum absolute atomic E-state index is 0.815. The van der Waals surface area contributed by atoms with Crippen LogP contribution < -0.4 is 5.32 Å². The molecule has 21 heavy (non-hydrogen) atoms. The molecule has 0 unspecified atom stereocenters. The highest BCUT2D eigenvalue weighted by atomic mass is 15.3. The Hall–Kier alpha value is -2.13. The van der Waals surface area contributed by atoms with Crippen LogP contribution in [0.2, 0.25) is 0 Å². The Kier molecular flexibility index (Phi) is 4.31. The fraction of sp³-hybridized carbons (Fsp3) is 0.278. The smallest absolute Gasteiger partial charge is 0.0665 e. The molecule has 3 aromatic rings. The summed E-state index contributed by atoms with van der Waals surface area (Å²) < 4.78 is 2.02. The summed E-state index contributed by atoms with van der Waals surface area (Å²) in [6.07, 6.45) is 5.24. The van der Waals surface area contributed by atoms with Crippen molar-refractivity contribution in [2.24, 2.45) is 0 Å². The molecular weight excluding hydrogens is 258 g/mol. The molecular formula is C18H21N3. The van der Waals surface area contributed by atoms with Crippen LogP contribution in [0.25, 0.3) is 10.8 Å². The molecule has 0 saturated carbocycles. The fourth-order valence-electron chi connectivity index (χ4n) is 2.60. The summed E-state index contributed by atoms with van der Waals surface area (Å²) in [6.45, 7) is 4.93. The van der Waals surface area contributed by atoms with Gasteiger partial charge in [-0.05, 0) is 29.3 Å². The molecule has 0 atom stereocenters. The molecule has 0 bridgehead atoms. The van der Waals surface area contributed by atoms with E-state index in [9.17, 15) is 0 Å². The molecule has 3 nitrogen and oxygen atoms in total. The average Bonchev–Trinajstić information content (AvgIpc) is 2.96. The molecule has 0 radical (unpaired) electrons. The summed E-state index contributed by atoms with van der Waals surface area (Å²) in [5.74, 6) is 0. The number of nitrogens with one attached hydrogen (secondary N) is 1. The molecule has 0 aliphatic heterocycles. The second-order valence-electron chi connectivity index (χ2n) is 5.36. The highest BCUT2D eigenvalue weighted by Crippen LogP contribution is 2.19. The van der Waals surface area contributed by atoms with Crippen LogP contribution >= 0.6 is 0 Å². The Morgan fingerprint density at radius 3 is 2.86 bits per heavy atom. The van der Waals surface area contributed by atoms with Gasteiger partial charge in [0.05, 0.1) is 12.7 Å². The lowest BCUT2D eigenvalue weighted by Crippen LogP contribution is -2.13. The SMILES string of the molecule is CCCNCc1cnn(Cc2cccc3ccccc23)c1. The van der Waals surface area contributed by atoms with Gasteiger partial charge in [-0.2, -0.15) is 5.10 Å². The van der Waals surface area contributed by atoms with Crippen LogP contribution in [0.5, 0.6) is 0 Å². The van der Waals surface area contributed by atoms with Gasteiger partial charge in [-0.15, -0.1) is 0 Å². The number of rotatable bonds is 6. The van der Waals surface area contributed by atoms with E-state index in [0.29, 0.717) is 0 Å². The zero-order valence-electron chi connectivity index (χ0n) is 12.4. The maximum atomic E-state index is 4.47. The van der Waals surface area contributed by atoms with Crippen molar-refractivity contribution in [3.8, 4) is 0 Å². The van der Waals surface area contributed by atoms with Crippen molar-refractivity contribution in [3.05, 3.63) is 66.0 Å². The minimum atomic E-state index is 0.815. The van der Waals surface area contributed by atoms with Gasteiger partial charge in [-0.25, -0.2) is 0 Å². The van der Waals surface area contributed by atoms with E-state index in [4.69, 9.17) is 0 Å². The van der Waals surface area contributed by atoms with E-state index in [0.717, 1.165) is 26.1 Å². The largest absolute Gasteiger partial charge is 0.313 e. The average molecular weight is 279 g/mol. The van der Waals surface area contributed by atoms with Crippen LogP contribution in [-0.4, -0.2) is 16.3 Å². The molecule has 0 saturated heterocycles. The molecule has 2 aromatic carbocycles. The minimum Gasteiger partial charge on any atom is -0.313 e. The summed E-state index contributed by atoms with van der Waals surface area (Å²) >= 11 is 0. The van der Waals surface area contributed by atoms with E-state index in [-0.39, 0.29) is 0 Å². The third-order valence-electron chi connectivity index (χ3n) is 3.65. The van der Waals surface area contributed by atoms with E-state index < -0.39 is 0 Å². The maximum absolute atomic E-state index is 4.47. The second-order valence-corrected chi connectivity index (χ2v) is 5.36. The second kappa shape index (κ2) is 6.55. The van der Waals surface area contributed by atoms with E-state index in [1.807, 2.05) is 10.9 Å². The van der Waals surface area contributed by atoms with Crippen LogP contribution in [0.15, 0.2) is 54.9 Å². The van der Waals surface area contributed by atoms with Crippen LogP contribution in [0.1, 0.15) is 24.5 Å². The Morgan fingerprint density at radius 1 is 1.10 bits per heavy atom. The molecule has 0 fully saturated rings. The van der Waals surface area contributed by atoms with Gasteiger partial charge in [0.15, 0.2) is 0 Å². The lowest BCUT2D eigenvalue weighted by Gasteiger charge is -2.06. The van der Waals surface area contributed by atoms with Gasteiger partial charge in [-0.3, -0.25) is 4.68 Å². The summed E-state index contributed by atoms with van der Waals surface area (Å²) in [4.78, 5) is 0. The third-order valence-corrected chi connectivity index (χ3v) is 3.65. The van der Waals surface area contributed by atoms with Crippen molar-refractivity contribution in [1.29, 1.82) is 0 Å². The van der Waals surface area contributed by atoms with Crippen molar-refractivity contribution in [3.63, 3.8) is 0 Å². The predicted molar refractivity (Wildman–Crippen MR) is 87.3 cm³/mol. The lowest BCUT2D eigenvalue weighted by atomic mass is 10.0. The Balaban J connectivity index is 1.76. The van der Waals surface area contributed by atoms with Gasteiger partial charge in [0.1, 0.15) is 0 Å². The van der Waals surface area contributed by atoms with E-state index in [2.05, 4.69) is 66.0 Å². The number of hydrogen-bond acceptors (Lipinski definition) is 2. The van der Waals surface area contributed by atoms with Gasteiger partial charge in [0.25, 0.3) is 0 Å². The number of fused-ring (bicyclic) bond motifs is 1. The number of benzene rings is 2. The first-order valence-corrected chi connectivity index (χ1v) is 7.55. The van der Waals surface area contributed by atoms with E-state index in [1.54, 1.807) is 0 Å². The van der Waals surface area contributed by atoms with Gasteiger partial charge in [0.2, 0.25) is 0 Å². The summed E-state index contributed by atoms with van der Waals surface area (Å²) in [7, 11) is 0. The van der Waals surface area contributed by atoms with Gasteiger partial charge in [0, 0.05) is 18.3 Å². The molecule has 1 heterocycles. The highest BCUT2D eigenvalue weighted by molar-refractivity contribution is 5.85. The first-order chi connectivity index (χ1) is 10.4. The molecule has 3 rings (SSSR count). The van der Waals surface area contributed by atoms with Crippen molar-refractivity contribution in [2.45, 2.75) is 26.4 Å². The summed E-state index contributed by atoms with van der Waals surface area (Å²) in [6, 6.07) is 15.0. The molecule has 0 amide bonds. The van der Waals surface area contributed by atoms with Gasteiger partial charge < -0.3 is 5.32 Å². The van der Waals surface area contributed by atoms with Crippen molar-refractivity contribution in [2.75, 3.05) is 6.54 Å². The summed E-state index contributed by atoms with van der Waals surface area (Å²) in [5.41, 5.74) is 2.55. The van der Waals surface area contributed by atoms with Crippen molar-refractivity contribution in [1.82, 2.24) is 15.1 Å². The molecule has 0 spiro atoms. The van der Waals surface area contributed by atoms with E-state index >= 15 is 0 Å². The zero-order chi connectivity index (χ0) is 14.5. The lowest BCUT2D eigenvalue weighted by molar-refractivity contribution is 0.669. The first-order valence-electron chi connectivity index (χ1n) is 7.55. The van der Waals surface area contributed by atoms with E-state index in [1.165, 1.54) is 21.9 Å². The van der Waals surface area contributed by atoms with Crippen LogP contribution in [0.4, 0.5) is 0 Å². The van der Waals surface area contributed by atoms with Crippen LogP contribution in [0.3, 0.4) is 0 Å². The first kappa shape index (κ1) is 13.8. The maximum Gasteiger partial charge on any atom is 0.0665 e. The Bertz CT molecular complexity index is 710. The fourth-order valence-corrected chi connectivity index (χ4v) is 2.60. The summed E-state index contributed by atoms with van der Waals surface area (Å²) in [5, 5.41) is 10.5. The standard InChI is InChI=1S/C18H21N3/c1-2-10-19-11-15-12-20-21(13-15)14-17-8-5-7-16-6-3-4-9-18(16)17/h3-9,12-13,19H,2,10-11,14H2,1H3. The van der Waals surface area contributed by atoms with Crippen LogP contribution in [0, 0.1) is 0 Å². The molecule has 0 aliphatic carbocycles.